The van der Waals surface area contributed by atoms with Crippen LogP contribution in [0.3, 0.4) is 0 Å². The van der Waals surface area contributed by atoms with Crippen molar-refractivity contribution in [2.75, 3.05) is 56.5 Å². The molecule has 3 rings (SSSR count). The molecule has 0 saturated carbocycles. The van der Waals surface area contributed by atoms with Crippen molar-refractivity contribution in [3.05, 3.63) is 48.2 Å². The largest absolute Gasteiger partial charge is 0.369 e. The average Bonchev–Trinajstić information content (AvgIpc) is 2.71. The van der Waals surface area contributed by atoms with Gasteiger partial charge in [-0.15, -0.1) is 0 Å². The van der Waals surface area contributed by atoms with E-state index in [0.717, 1.165) is 37.7 Å². The lowest BCUT2D eigenvalue weighted by Crippen LogP contribution is -2.44. The molecule has 2 heterocycles. The standard InChI is InChI=1S/C21H29N5O/c1-4-25(5-2)21(27)17-6-11-20(22-16-17)23-18-7-9-19(10-8-18)26-14-12-24(3)13-15-26/h6-11,16H,4-5,12-15H2,1-3H3,(H,22,23). The molecule has 1 amide bonds. The van der Waals surface area contributed by atoms with Crippen LogP contribution in [-0.4, -0.2) is 67.0 Å². The van der Waals surface area contributed by atoms with Crippen molar-refractivity contribution in [1.29, 1.82) is 0 Å². The SMILES string of the molecule is CCN(CC)C(=O)c1ccc(Nc2ccc(N3CCN(C)CC3)cc2)nc1. The highest BCUT2D eigenvalue weighted by Gasteiger charge is 2.14. The van der Waals surface area contributed by atoms with E-state index in [9.17, 15) is 4.79 Å². The molecule has 0 bridgehead atoms. The molecule has 1 aliphatic heterocycles. The van der Waals surface area contributed by atoms with Crippen molar-refractivity contribution in [2.45, 2.75) is 13.8 Å². The quantitative estimate of drug-likeness (QED) is 0.850. The van der Waals surface area contributed by atoms with E-state index < -0.39 is 0 Å². The van der Waals surface area contributed by atoms with E-state index in [1.54, 1.807) is 11.1 Å². The third kappa shape index (κ3) is 4.77. The Morgan fingerprint density at radius 3 is 2.26 bits per heavy atom. The number of anilines is 3. The molecule has 6 nitrogen and oxygen atoms in total. The number of hydrogen-bond acceptors (Lipinski definition) is 5. The maximum Gasteiger partial charge on any atom is 0.255 e. The zero-order valence-corrected chi connectivity index (χ0v) is 16.5. The van der Waals surface area contributed by atoms with Gasteiger partial charge in [0.1, 0.15) is 5.82 Å². The summed E-state index contributed by atoms with van der Waals surface area (Å²) in [5, 5.41) is 3.30. The van der Waals surface area contributed by atoms with Crippen molar-refractivity contribution < 1.29 is 4.79 Å². The first kappa shape index (κ1) is 19.2. The van der Waals surface area contributed by atoms with Gasteiger partial charge in [0, 0.05) is 56.8 Å². The normalized spacial score (nSPS) is 14.9. The summed E-state index contributed by atoms with van der Waals surface area (Å²) >= 11 is 0. The molecule has 1 saturated heterocycles. The van der Waals surface area contributed by atoms with Crippen LogP contribution in [-0.2, 0) is 0 Å². The maximum absolute atomic E-state index is 12.3. The molecule has 0 radical (unpaired) electrons. The highest BCUT2D eigenvalue weighted by molar-refractivity contribution is 5.94. The minimum Gasteiger partial charge on any atom is -0.369 e. The van der Waals surface area contributed by atoms with E-state index in [2.05, 4.69) is 51.4 Å². The molecule has 6 heteroatoms. The van der Waals surface area contributed by atoms with Crippen LogP contribution in [0.2, 0.25) is 0 Å². The summed E-state index contributed by atoms with van der Waals surface area (Å²) in [6, 6.07) is 12.1. The van der Waals surface area contributed by atoms with Crippen molar-refractivity contribution in [3.63, 3.8) is 0 Å². The highest BCUT2D eigenvalue weighted by Crippen LogP contribution is 2.21. The molecule has 1 aromatic carbocycles. The second-order valence-corrected chi connectivity index (χ2v) is 6.87. The van der Waals surface area contributed by atoms with E-state index in [-0.39, 0.29) is 5.91 Å². The second-order valence-electron chi connectivity index (χ2n) is 6.87. The molecule has 1 aliphatic rings. The van der Waals surface area contributed by atoms with E-state index in [1.807, 2.05) is 26.0 Å². The molecule has 0 aliphatic carbocycles. The van der Waals surface area contributed by atoms with Gasteiger partial charge in [-0.2, -0.15) is 0 Å². The minimum atomic E-state index is 0.0237. The van der Waals surface area contributed by atoms with Gasteiger partial charge >= 0.3 is 0 Å². The van der Waals surface area contributed by atoms with E-state index in [1.165, 1.54) is 5.69 Å². The summed E-state index contributed by atoms with van der Waals surface area (Å²) in [4.78, 5) is 23.3. The first-order valence-corrected chi connectivity index (χ1v) is 9.66. The number of nitrogens with one attached hydrogen (secondary N) is 1. The Labute approximate surface area is 161 Å². The van der Waals surface area contributed by atoms with Crippen LogP contribution in [0.5, 0.6) is 0 Å². The lowest BCUT2D eigenvalue weighted by molar-refractivity contribution is 0.0772. The number of carbonyl (C=O) groups is 1. The predicted octanol–water partition coefficient (Wildman–Crippen LogP) is 3.06. The van der Waals surface area contributed by atoms with Gasteiger partial charge in [-0.05, 0) is 57.3 Å². The third-order valence-corrected chi connectivity index (χ3v) is 5.07. The van der Waals surface area contributed by atoms with Gasteiger partial charge in [0.2, 0.25) is 0 Å². The van der Waals surface area contributed by atoms with Gasteiger partial charge in [-0.1, -0.05) is 0 Å². The summed E-state index contributed by atoms with van der Waals surface area (Å²) in [5.74, 6) is 0.758. The summed E-state index contributed by atoms with van der Waals surface area (Å²) in [6.07, 6.45) is 1.64. The van der Waals surface area contributed by atoms with Gasteiger partial charge in [0.25, 0.3) is 5.91 Å². The fraction of sp³-hybridized carbons (Fsp3) is 0.429. The molecule has 0 unspecified atom stereocenters. The number of nitrogens with zero attached hydrogens (tertiary/aromatic N) is 4. The number of aromatic nitrogens is 1. The lowest BCUT2D eigenvalue weighted by Gasteiger charge is -2.34. The smallest absolute Gasteiger partial charge is 0.255 e. The Balaban J connectivity index is 1.61. The summed E-state index contributed by atoms with van der Waals surface area (Å²) < 4.78 is 0. The Bertz CT molecular complexity index is 732. The topological polar surface area (TPSA) is 51.7 Å². The van der Waals surface area contributed by atoms with E-state index in [4.69, 9.17) is 0 Å². The molecular formula is C21H29N5O. The van der Waals surface area contributed by atoms with Gasteiger partial charge < -0.3 is 20.0 Å². The predicted molar refractivity (Wildman–Crippen MR) is 111 cm³/mol. The maximum atomic E-state index is 12.3. The van der Waals surface area contributed by atoms with Crippen LogP contribution in [0.1, 0.15) is 24.2 Å². The second kappa shape index (κ2) is 8.86. The third-order valence-electron chi connectivity index (χ3n) is 5.07. The van der Waals surface area contributed by atoms with Gasteiger partial charge in [-0.25, -0.2) is 4.98 Å². The summed E-state index contributed by atoms with van der Waals surface area (Å²) in [7, 11) is 2.16. The van der Waals surface area contributed by atoms with Crippen LogP contribution < -0.4 is 10.2 Å². The molecule has 27 heavy (non-hydrogen) atoms. The van der Waals surface area contributed by atoms with Crippen LogP contribution in [0.4, 0.5) is 17.2 Å². The van der Waals surface area contributed by atoms with E-state index in [0.29, 0.717) is 18.7 Å². The van der Waals surface area contributed by atoms with Crippen LogP contribution in [0.25, 0.3) is 0 Å². The molecule has 1 aromatic heterocycles. The Kier molecular flexibility index (Phi) is 6.29. The van der Waals surface area contributed by atoms with Crippen molar-refractivity contribution >= 4 is 23.1 Å². The van der Waals surface area contributed by atoms with Crippen LogP contribution >= 0.6 is 0 Å². The number of benzene rings is 1. The number of likely N-dealkylation sites (N-methyl/N-ethyl adjacent to an activating group) is 1. The summed E-state index contributed by atoms with van der Waals surface area (Å²) in [6.45, 7) is 9.70. The highest BCUT2D eigenvalue weighted by atomic mass is 16.2. The molecule has 1 N–H and O–H groups in total. The number of carbonyl (C=O) groups excluding carboxylic acids is 1. The van der Waals surface area contributed by atoms with Crippen molar-refractivity contribution in [1.82, 2.24) is 14.8 Å². The molecule has 2 aromatic rings. The Morgan fingerprint density at radius 1 is 1.04 bits per heavy atom. The molecule has 0 spiro atoms. The van der Waals surface area contributed by atoms with E-state index >= 15 is 0 Å². The first-order valence-electron chi connectivity index (χ1n) is 9.66. The van der Waals surface area contributed by atoms with Gasteiger partial charge in [0.05, 0.1) is 5.56 Å². The van der Waals surface area contributed by atoms with Gasteiger partial charge in [-0.3, -0.25) is 4.79 Å². The number of rotatable bonds is 6. The lowest BCUT2D eigenvalue weighted by atomic mass is 10.2. The fourth-order valence-corrected chi connectivity index (χ4v) is 3.26. The molecule has 144 valence electrons. The van der Waals surface area contributed by atoms with Crippen LogP contribution in [0.15, 0.2) is 42.6 Å². The molecule has 1 fully saturated rings. The number of hydrogen-bond donors (Lipinski definition) is 1. The first-order chi connectivity index (χ1) is 13.1. The zero-order valence-electron chi connectivity index (χ0n) is 16.5. The monoisotopic (exact) mass is 367 g/mol. The number of amides is 1. The van der Waals surface area contributed by atoms with Gasteiger partial charge in [0.15, 0.2) is 0 Å². The zero-order chi connectivity index (χ0) is 19.2. The van der Waals surface area contributed by atoms with Crippen molar-refractivity contribution in [3.8, 4) is 0 Å². The number of piperazine rings is 1. The Hall–Kier alpha value is -2.60. The Morgan fingerprint density at radius 2 is 1.70 bits per heavy atom. The molecular weight excluding hydrogens is 338 g/mol. The summed E-state index contributed by atoms with van der Waals surface area (Å²) in [5.41, 5.74) is 2.86. The molecule has 0 atom stereocenters. The van der Waals surface area contributed by atoms with Crippen molar-refractivity contribution in [2.24, 2.45) is 0 Å². The fourth-order valence-electron chi connectivity index (χ4n) is 3.26. The number of pyridine rings is 1. The minimum absolute atomic E-state index is 0.0237. The average molecular weight is 367 g/mol. The van der Waals surface area contributed by atoms with Crippen LogP contribution in [0, 0.1) is 0 Å².